The molecule has 0 heterocycles. The highest BCUT2D eigenvalue weighted by Crippen LogP contribution is 2.32. The maximum absolute atomic E-state index is 13.0. The number of carbonyl (C=O) groups excluding carboxylic acids is 1. The van der Waals surface area contributed by atoms with E-state index < -0.39 is 0 Å². The lowest BCUT2D eigenvalue weighted by Gasteiger charge is -2.26. The van der Waals surface area contributed by atoms with Crippen molar-refractivity contribution in [3.05, 3.63) is 69.8 Å². The molecule has 1 nitrogen and oxygen atoms in total. The van der Waals surface area contributed by atoms with E-state index in [9.17, 15) is 4.79 Å². The van der Waals surface area contributed by atoms with Gasteiger partial charge in [-0.05, 0) is 48.4 Å². The average molecular weight is 280 g/mol. The van der Waals surface area contributed by atoms with Crippen LogP contribution in [0.5, 0.6) is 0 Å². The van der Waals surface area contributed by atoms with Gasteiger partial charge in [0.2, 0.25) is 0 Å². The zero-order valence-corrected chi connectivity index (χ0v) is 13.9. The van der Waals surface area contributed by atoms with Crippen LogP contribution in [0.4, 0.5) is 0 Å². The first-order valence-electron chi connectivity index (χ1n) is 7.44. The number of ketones is 1. The number of rotatable bonds is 2. The number of hydrogen-bond acceptors (Lipinski definition) is 1. The average Bonchev–Trinajstić information content (AvgIpc) is 2.43. The predicted octanol–water partition coefficient (Wildman–Crippen LogP) is 5.14. The van der Waals surface area contributed by atoms with Crippen LogP contribution in [0.1, 0.15) is 58.9 Å². The molecule has 0 unspecified atom stereocenters. The van der Waals surface area contributed by atoms with Crippen LogP contribution in [0, 0.1) is 20.8 Å². The first kappa shape index (κ1) is 15.5. The Morgan fingerprint density at radius 2 is 1.48 bits per heavy atom. The van der Waals surface area contributed by atoms with Crippen LogP contribution in [0.3, 0.4) is 0 Å². The summed E-state index contributed by atoms with van der Waals surface area (Å²) in [7, 11) is 0. The van der Waals surface area contributed by atoms with Crippen molar-refractivity contribution in [3.8, 4) is 0 Å². The van der Waals surface area contributed by atoms with E-state index in [0.717, 1.165) is 22.3 Å². The van der Waals surface area contributed by atoms with Gasteiger partial charge in [0, 0.05) is 11.1 Å². The summed E-state index contributed by atoms with van der Waals surface area (Å²) >= 11 is 0. The Morgan fingerprint density at radius 1 is 0.905 bits per heavy atom. The number of carbonyl (C=O) groups is 1. The lowest BCUT2D eigenvalue weighted by molar-refractivity contribution is 0.103. The van der Waals surface area contributed by atoms with Crippen molar-refractivity contribution in [2.75, 3.05) is 0 Å². The first-order valence-corrected chi connectivity index (χ1v) is 7.44. The van der Waals surface area contributed by atoms with E-state index in [1.165, 1.54) is 11.1 Å². The highest BCUT2D eigenvalue weighted by molar-refractivity contribution is 6.11. The van der Waals surface area contributed by atoms with Crippen molar-refractivity contribution in [2.24, 2.45) is 0 Å². The Balaban J connectivity index is 2.73. The quantitative estimate of drug-likeness (QED) is 0.696. The van der Waals surface area contributed by atoms with Crippen molar-refractivity contribution in [3.63, 3.8) is 0 Å². The first-order chi connectivity index (χ1) is 9.73. The normalized spacial score (nSPS) is 11.5. The van der Waals surface area contributed by atoms with E-state index in [1.807, 2.05) is 30.3 Å². The molecule has 0 bridgehead atoms. The Labute approximate surface area is 128 Å². The standard InChI is InChI=1S/C20H24O/c1-13-12-17(20(4,5)6)18(15(3)14(13)2)19(21)16-10-8-7-9-11-16/h7-12H,1-6H3. The number of benzene rings is 2. The van der Waals surface area contributed by atoms with Crippen LogP contribution in [0.15, 0.2) is 36.4 Å². The van der Waals surface area contributed by atoms with Crippen molar-refractivity contribution >= 4 is 5.78 Å². The molecular formula is C20H24O. The topological polar surface area (TPSA) is 17.1 Å². The van der Waals surface area contributed by atoms with Gasteiger partial charge in [-0.2, -0.15) is 0 Å². The van der Waals surface area contributed by atoms with Gasteiger partial charge < -0.3 is 0 Å². The molecule has 2 aromatic carbocycles. The second kappa shape index (κ2) is 5.48. The lowest BCUT2D eigenvalue weighted by Crippen LogP contribution is -2.20. The predicted molar refractivity (Wildman–Crippen MR) is 89.2 cm³/mol. The maximum Gasteiger partial charge on any atom is 0.193 e. The molecule has 0 amide bonds. The molecule has 0 atom stereocenters. The third kappa shape index (κ3) is 2.92. The fourth-order valence-electron chi connectivity index (χ4n) is 2.70. The summed E-state index contributed by atoms with van der Waals surface area (Å²) in [6, 6.07) is 11.7. The molecule has 21 heavy (non-hydrogen) atoms. The van der Waals surface area contributed by atoms with Gasteiger partial charge in [0.05, 0.1) is 0 Å². The summed E-state index contributed by atoms with van der Waals surface area (Å²) in [5.74, 6) is 0.126. The van der Waals surface area contributed by atoms with E-state index >= 15 is 0 Å². The molecule has 0 saturated carbocycles. The molecule has 2 rings (SSSR count). The summed E-state index contributed by atoms with van der Waals surface area (Å²) in [6.45, 7) is 12.8. The Morgan fingerprint density at radius 3 is 2.00 bits per heavy atom. The molecular weight excluding hydrogens is 256 g/mol. The van der Waals surface area contributed by atoms with Crippen LogP contribution in [-0.4, -0.2) is 5.78 Å². The zero-order valence-electron chi connectivity index (χ0n) is 13.9. The van der Waals surface area contributed by atoms with E-state index in [0.29, 0.717) is 0 Å². The number of hydrogen-bond donors (Lipinski definition) is 0. The second-order valence-corrected chi connectivity index (χ2v) is 6.81. The molecule has 0 radical (unpaired) electrons. The van der Waals surface area contributed by atoms with E-state index in [-0.39, 0.29) is 11.2 Å². The minimum Gasteiger partial charge on any atom is -0.289 e. The second-order valence-electron chi connectivity index (χ2n) is 6.81. The van der Waals surface area contributed by atoms with Crippen molar-refractivity contribution in [1.29, 1.82) is 0 Å². The molecule has 0 aromatic heterocycles. The molecule has 0 N–H and O–H groups in total. The molecule has 0 fully saturated rings. The smallest absolute Gasteiger partial charge is 0.193 e. The van der Waals surface area contributed by atoms with Crippen LogP contribution < -0.4 is 0 Å². The summed E-state index contributed by atoms with van der Waals surface area (Å²) in [5, 5.41) is 0. The third-order valence-electron chi connectivity index (χ3n) is 4.23. The molecule has 2 aromatic rings. The van der Waals surface area contributed by atoms with E-state index in [4.69, 9.17) is 0 Å². The van der Waals surface area contributed by atoms with Crippen molar-refractivity contribution in [2.45, 2.75) is 47.0 Å². The van der Waals surface area contributed by atoms with Gasteiger partial charge >= 0.3 is 0 Å². The van der Waals surface area contributed by atoms with Crippen LogP contribution >= 0.6 is 0 Å². The van der Waals surface area contributed by atoms with Gasteiger partial charge in [0.1, 0.15) is 0 Å². The molecule has 0 spiro atoms. The summed E-state index contributed by atoms with van der Waals surface area (Å²) in [5.41, 5.74) is 6.28. The fourth-order valence-corrected chi connectivity index (χ4v) is 2.70. The van der Waals surface area contributed by atoms with Gasteiger partial charge in [-0.3, -0.25) is 4.79 Å². The molecule has 1 heteroatoms. The summed E-state index contributed by atoms with van der Waals surface area (Å²) < 4.78 is 0. The molecule has 0 aliphatic heterocycles. The lowest BCUT2D eigenvalue weighted by atomic mass is 9.78. The largest absolute Gasteiger partial charge is 0.289 e. The molecule has 110 valence electrons. The minimum atomic E-state index is -0.0526. The molecule has 0 saturated heterocycles. The number of aryl methyl sites for hydroxylation is 1. The Bertz CT molecular complexity index is 673. The van der Waals surface area contributed by atoms with Gasteiger partial charge in [-0.15, -0.1) is 0 Å². The summed E-state index contributed by atoms with van der Waals surface area (Å²) in [4.78, 5) is 13.0. The minimum absolute atomic E-state index is 0.0526. The molecule has 0 aliphatic carbocycles. The Kier molecular flexibility index (Phi) is 4.04. The van der Waals surface area contributed by atoms with Gasteiger partial charge in [0.25, 0.3) is 0 Å². The van der Waals surface area contributed by atoms with Crippen molar-refractivity contribution < 1.29 is 4.79 Å². The monoisotopic (exact) mass is 280 g/mol. The summed E-state index contributed by atoms with van der Waals surface area (Å²) in [6.07, 6.45) is 0. The van der Waals surface area contributed by atoms with Crippen molar-refractivity contribution in [1.82, 2.24) is 0 Å². The van der Waals surface area contributed by atoms with Gasteiger partial charge in [-0.25, -0.2) is 0 Å². The van der Waals surface area contributed by atoms with E-state index in [2.05, 4.69) is 47.6 Å². The van der Waals surface area contributed by atoms with Crippen LogP contribution in [0.2, 0.25) is 0 Å². The highest BCUT2D eigenvalue weighted by atomic mass is 16.1. The zero-order chi connectivity index (χ0) is 15.8. The third-order valence-corrected chi connectivity index (χ3v) is 4.23. The Hall–Kier alpha value is -1.89. The van der Waals surface area contributed by atoms with E-state index in [1.54, 1.807) is 0 Å². The van der Waals surface area contributed by atoms with Crippen LogP contribution in [0.25, 0.3) is 0 Å². The molecule has 0 aliphatic rings. The SMILES string of the molecule is Cc1cc(C(C)(C)C)c(C(=O)c2ccccc2)c(C)c1C. The van der Waals surface area contributed by atoms with Gasteiger partial charge in [0.15, 0.2) is 5.78 Å². The fraction of sp³-hybridized carbons (Fsp3) is 0.350. The maximum atomic E-state index is 13.0. The van der Waals surface area contributed by atoms with Gasteiger partial charge in [-0.1, -0.05) is 57.2 Å². The van der Waals surface area contributed by atoms with Crippen LogP contribution in [-0.2, 0) is 5.41 Å². The highest BCUT2D eigenvalue weighted by Gasteiger charge is 2.25.